The summed E-state index contributed by atoms with van der Waals surface area (Å²) in [6, 6.07) is 11.7. The van der Waals surface area contributed by atoms with Crippen LogP contribution in [-0.2, 0) is 5.66 Å². The molecule has 1 saturated heterocycles. The highest BCUT2D eigenvalue weighted by Gasteiger charge is 2.34. The zero-order valence-electron chi connectivity index (χ0n) is 17.8. The molecule has 3 aliphatic heterocycles. The van der Waals surface area contributed by atoms with Crippen LogP contribution < -0.4 is 25.4 Å². The fraction of sp³-hybridized carbons (Fsp3) is 0.364. The molecule has 3 aliphatic rings. The van der Waals surface area contributed by atoms with Crippen LogP contribution in [0.1, 0.15) is 5.56 Å². The van der Waals surface area contributed by atoms with Crippen molar-refractivity contribution in [3.05, 3.63) is 60.1 Å². The molecule has 4 heterocycles. The summed E-state index contributed by atoms with van der Waals surface area (Å²) in [6.45, 7) is 3.59. The lowest BCUT2D eigenvalue weighted by atomic mass is 9.98. The monoisotopic (exact) mass is 421 g/mol. The lowest BCUT2D eigenvalue weighted by Gasteiger charge is -2.40. The number of piperazine rings is 1. The van der Waals surface area contributed by atoms with Crippen molar-refractivity contribution < 1.29 is 9.47 Å². The Labute approximate surface area is 181 Å². The minimum absolute atomic E-state index is 0.228. The van der Waals surface area contributed by atoms with Crippen molar-refractivity contribution in [3.63, 3.8) is 0 Å². The van der Waals surface area contributed by atoms with Gasteiger partial charge in [0.1, 0.15) is 11.6 Å². The van der Waals surface area contributed by atoms with E-state index in [-0.39, 0.29) is 6.79 Å². The standard InChI is InChI=1S/C22H27N7O2/c1-27(2)20-14-22(23,16-6-7-17-18(13-16)31-15-30-17)26-21(25-20)29-11-9-28(10-12-29)19-5-3-4-8-24-19/h3-8,13-14H,9-12,15,23H2,1-2H3,(H,25,26). The maximum atomic E-state index is 6.84. The molecule has 162 valence electrons. The van der Waals surface area contributed by atoms with Gasteiger partial charge in [0, 0.05) is 58.1 Å². The smallest absolute Gasteiger partial charge is 0.231 e. The quantitative estimate of drug-likeness (QED) is 0.762. The first-order chi connectivity index (χ1) is 15.0. The van der Waals surface area contributed by atoms with Gasteiger partial charge in [0.2, 0.25) is 12.8 Å². The van der Waals surface area contributed by atoms with Crippen LogP contribution in [-0.4, -0.2) is 67.8 Å². The summed E-state index contributed by atoms with van der Waals surface area (Å²) in [5.74, 6) is 4.10. The molecule has 0 spiro atoms. The Balaban J connectivity index is 1.40. The highest BCUT2D eigenvalue weighted by molar-refractivity contribution is 5.84. The van der Waals surface area contributed by atoms with Crippen LogP contribution in [0.4, 0.5) is 5.82 Å². The van der Waals surface area contributed by atoms with Crippen LogP contribution in [0.25, 0.3) is 0 Å². The van der Waals surface area contributed by atoms with Crippen molar-refractivity contribution in [1.29, 1.82) is 0 Å². The van der Waals surface area contributed by atoms with Crippen molar-refractivity contribution in [2.45, 2.75) is 5.66 Å². The van der Waals surface area contributed by atoms with Gasteiger partial charge in [0.25, 0.3) is 0 Å². The van der Waals surface area contributed by atoms with E-state index in [1.165, 1.54) is 0 Å². The molecule has 1 fully saturated rings. The molecular weight excluding hydrogens is 394 g/mol. The van der Waals surface area contributed by atoms with Crippen molar-refractivity contribution in [2.24, 2.45) is 10.7 Å². The maximum Gasteiger partial charge on any atom is 0.231 e. The number of pyridine rings is 1. The Kier molecular flexibility index (Phi) is 4.82. The summed E-state index contributed by atoms with van der Waals surface area (Å²) in [5.41, 5.74) is 6.68. The molecule has 1 aromatic heterocycles. The molecule has 1 aromatic carbocycles. The molecule has 2 aromatic rings. The minimum Gasteiger partial charge on any atom is -0.454 e. The zero-order chi connectivity index (χ0) is 21.4. The predicted octanol–water partition coefficient (Wildman–Crippen LogP) is 1.11. The first kappa shape index (κ1) is 19.5. The van der Waals surface area contributed by atoms with Crippen LogP contribution >= 0.6 is 0 Å². The number of nitrogens with two attached hydrogens (primary N) is 1. The highest BCUT2D eigenvalue weighted by atomic mass is 16.7. The van der Waals surface area contributed by atoms with Gasteiger partial charge in [-0.05, 0) is 24.3 Å². The Morgan fingerprint density at radius 3 is 2.55 bits per heavy atom. The summed E-state index contributed by atoms with van der Waals surface area (Å²) >= 11 is 0. The maximum absolute atomic E-state index is 6.84. The lowest BCUT2D eigenvalue weighted by molar-refractivity contribution is 0.174. The topological polar surface area (TPSA) is 91.5 Å². The van der Waals surface area contributed by atoms with Gasteiger partial charge in [0.05, 0.1) is 0 Å². The van der Waals surface area contributed by atoms with Gasteiger partial charge < -0.3 is 29.5 Å². The number of nitrogens with zero attached hydrogens (tertiary/aromatic N) is 5. The molecule has 9 nitrogen and oxygen atoms in total. The number of rotatable bonds is 3. The second kappa shape index (κ2) is 7.66. The molecule has 0 radical (unpaired) electrons. The summed E-state index contributed by atoms with van der Waals surface area (Å²) in [7, 11) is 3.97. The zero-order valence-corrected chi connectivity index (χ0v) is 17.8. The predicted molar refractivity (Wildman–Crippen MR) is 119 cm³/mol. The van der Waals surface area contributed by atoms with E-state index in [1.807, 2.05) is 67.7 Å². The average molecular weight is 422 g/mol. The molecule has 3 N–H and O–H groups in total. The molecular formula is C22H27N7O2. The first-order valence-corrected chi connectivity index (χ1v) is 10.4. The van der Waals surface area contributed by atoms with E-state index in [4.69, 9.17) is 20.2 Å². The molecule has 0 saturated carbocycles. The number of fused-ring (bicyclic) bond motifs is 1. The second-order valence-electron chi connectivity index (χ2n) is 8.04. The Morgan fingerprint density at radius 1 is 1.03 bits per heavy atom. The number of aliphatic imine (C=N–C) groups is 1. The Bertz CT molecular complexity index is 1020. The third-order valence-corrected chi connectivity index (χ3v) is 5.76. The third-order valence-electron chi connectivity index (χ3n) is 5.76. The normalized spacial score (nSPS) is 22.5. The number of anilines is 1. The summed E-state index contributed by atoms with van der Waals surface area (Å²) in [4.78, 5) is 15.9. The number of hydrogen-bond acceptors (Lipinski definition) is 9. The van der Waals surface area contributed by atoms with Crippen molar-refractivity contribution >= 4 is 11.8 Å². The van der Waals surface area contributed by atoms with Crippen LogP contribution in [0.3, 0.4) is 0 Å². The molecule has 0 bridgehead atoms. The number of nitrogens with one attached hydrogen (secondary N) is 1. The van der Waals surface area contributed by atoms with Gasteiger partial charge in [-0.15, -0.1) is 0 Å². The lowest BCUT2D eigenvalue weighted by Crippen LogP contribution is -2.56. The van der Waals surface area contributed by atoms with E-state index in [9.17, 15) is 0 Å². The average Bonchev–Trinajstić information content (AvgIpc) is 3.27. The third kappa shape index (κ3) is 3.72. The number of aromatic nitrogens is 1. The van der Waals surface area contributed by atoms with Gasteiger partial charge in [0.15, 0.2) is 17.2 Å². The number of guanidine groups is 1. The van der Waals surface area contributed by atoms with Crippen molar-refractivity contribution in [3.8, 4) is 11.5 Å². The van der Waals surface area contributed by atoms with Gasteiger partial charge in [-0.1, -0.05) is 12.1 Å². The van der Waals surface area contributed by atoms with Gasteiger partial charge in [-0.2, -0.15) is 0 Å². The Hall–Kier alpha value is -3.46. The SMILES string of the molecule is CN(C)C1=CC(N)(c2ccc3c(c2)OCO3)N=C(N2CCN(c3ccccn3)CC2)N1. The van der Waals surface area contributed by atoms with Crippen LogP contribution in [0, 0.1) is 0 Å². The second-order valence-corrected chi connectivity index (χ2v) is 8.04. The van der Waals surface area contributed by atoms with E-state index >= 15 is 0 Å². The van der Waals surface area contributed by atoms with Crippen molar-refractivity contribution in [2.75, 3.05) is 52.0 Å². The molecule has 1 atom stereocenters. The molecule has 1 unspecified atom stereocenters. The highest BCUT2D eigenvalue weighted by Crippen LogP contribution is 2.37. The van der Waals surface area contributed by atoms with E-state index in [2.05, 4.69) is 20.1 Å². The van der Waals surface area contributed by atoms with Gasteiger partial charge in [-0.25, -0.2) is 9.98 Å². The van der Waals surface area contributed by atoms with E-state index in [1.54, 1.807) is 0 Å². The molecule has 0 amide bonds. The summed E-state index contributed by atoms with van der Waals surface area (Å²) in [6.07, 6.45) is 3.77. The molecule has 9 heteroatoms. The number of benzene rings is 1. The molecule has 31 heavy (non-hydrogen) atoms. The summed E-state index contributed by atoms with van der Waals surface area (Å²) < 4.78 is 11.0. The first-order valence-electron chi connectivity index (χ1n) is 10.4. The van der Waals surface area contributed by atoms with Crippen LogP contribution in [0.15, 0.2) is 59.5 Å². The van der Waals surface area contributed by atoms with E-state index < -0.39 is 5.66 Å². The fourth-order valence-electron chi connectivity index (χ4n) is 3.97. The fourth-order valence-corrected chi connectivity index (χ4v) is 3.97. The van der Waals surface area contributed by atoms with E-state index in [0.29, 0.717) is 5.75 Å². The number of ether oxygens (including phenoxy) is 2. The summed E-state index contributed by atoms with van der Waals surface area (Å²) in [5, 5.41) is 3.45. The van der Waals surface area contributed by atoms with Crippen molar-refractivity contribution in [1.82, 2.24) is 20.1 Å². The Morgan fingerprint density at radius 2 is 1.81 bits per heavy atom. The minimum atomic E-state index is -1.01. The van der Waals surface area contributed by atoms with Gasteiger partial charge >= 0.3 is 0 Å². The van der Waals surface area contributed by atoms with Crippen LogP contribution in [0.2, 0.25) is 0 Å². The largest absolute Gasteiger partial charge is 0.454 e. The molecule has 5 rings (SSSR count). The van der Waals surface area contributed by atoms with Crippen LogP contribution in [0.5, 0.6) is 11.5 Å². The van der Waals surface area contributed by atoms with E-state index in [0.717, 1.165) is 55.1 Å². The number of hydrogen-bond donors (Lipinski definition) is 2. The van der Waals surface area contributed by atoms with Gasteiger partial charge in [-0.3, -0.25) is 5.73 Å². The molecule has 0 aliphatic carbocycles.